The summed E-state index contributed by atoms with van der Waals surface area (Å²) >= 11 is 49.0. The minimum Gasteiger partial charge on any atom is -0.362 e. The second kappa shape index (κ2) is 4.13. The molecule has 0 spiro atoms. The molecule has 0 unspecified atom stereocenters. The molecular formula is C10H2Cl8O3. The average molecular weight is 454 g/mol. The van der Waals surface area contributed by atoms with Gasteiger partial charge in [-0.15, -0.1) is 46.4 Å². The number of carbonyl (C=O) groups is 1. The van der Waals surface area contributed by atoms with Gasteiger partial charge in [0.05, 0.1) is 15.1 Å². The molecule has 1 fully saturated rings. The summed E-state index contributed by atoms with van der Waals surface area (Å²) in [5, 5.41) is 18.9. The van der Waals surface area contributed by atoms with Gasteiger partial charge in [-0.2, -0.15) is 0 Å². The highest BCUT2D eigenvalue weighted by molar-refractivity contribution is 6.70. The van der Waals surface area contributed by atoms with E-state index in [1.54, 1.807) is 0 Å². The highest BCUT2D eigenvalue weighted by Crippen LogP contribution is 2.82. The lowest BCUT2D eigenvalue weighted by Crippen LogP contribution is -2.61. The van der Waals surface area contributed by atoms with Crippen LogP contribution in [-0.4, -0.2) is 41.3 Å². The molecule has 2 bridgehead atoms. The maximum atomic E-state index is 12.4. The maximum absolute atomic E-state index is 12.4. The first-order valence-electron chi connectivity index (χ1n) is 5.16. The fraction of sp³-hybridized carbons (Fsp3) is 0.500. The summed E-state index contributed by atoms with van der Waals surface area (Å²) in [6, 6.07) is 0. The number of ketones is 1. The van der Waals surface area contributed by atoms with Crippen molar-refractivity contribution in [3.63, 3.8) is 0 Å². The van der Waals surface area contributed by atoms with Crippen LogP contribution in [0, 0.1) is 0 Å². The molecule has 3 nitrogen and oxygen atoms in total. The van der Waals surface area contributed by atoms with Crippen LogP contribution in [0.3, 0.4) is 0 Å². The fourth-order valence-electron chi connectivity index (χ4n) is 3.12. The van der Waals surface area contributed by atoms with E-state index in [1.165, 1.54) is 0 Å². The van der Waals surface area contributed by atoms with Crippen molar-refractivity contribution >= 4 is 98.6 Å². The van der Waals surface area contributed by atoms with Crippen LogP contribution in [-0.2, 0) is 4.79 Å². The number of hydrogen-bond acceptors (Lipinski definition) is 3. The van der Waals surface area contributed by atoms with Gasteiger partial charge >= 0.3 is 0 Å². The highest BCUT2D eigenvalue weighted by atomic mass is 35.5. The van der Waals surface area contributed by atoms with E-state index in [4.69, 9.17) is 92.8 Å². The molecule has 11 heteroatoms. The van der Waals surface area contributed by atoms with Gasteiger partial charge in [-0.3, -0.25) is 4.79 Å². The lowest BCUT2D eigenvalue weighted by atomic mass is 9.82. The van der Waals surface area contributed by atoms with Crippen molar-refractivity contribution in [1.29, 1.82) is 0 Å². The van der Waals surface area contributed by atoms with E-state index < -0.39 is 51.2 Å². The number of allylic oxidation sites excluding steroid dienone is 2. The van der Waals surface area contributed by atoms with Gasteiger partial charge in [-0.25, -0.2) is 0 Å². The number of alkyl halides is 4. The first kappa shape index (κ1) is 17.2. The van der Waals surface area contributed by atoms with Crippen molar-refractivity contribution in [3.05, 3.63) is 20.1 Å². The Hall–Kier alpha value is 1.39. The Balaban J connectivity index is 2.55. The standard InChI is InChI=1S/C10H2Cl8O3/c11-1-2(12)6(15)7(16)3(13)4(14)8(17,10(7,20)21)9(6,18)5(1)19/h20-21H/t6-,7-,8-,9+/m1/s1. The molecule has 3 rings (SSSR count). The van der Waals surface area contributed by atoms with Gasteiger partial charge in [0, 0.05) is 0 Å². The minimum absolute atomic E-state index is 0.477. The topological polar surface area (TPSA) is 57.5 Å². The predicted molar refractivity (Wildman–Crippen MR) is 84.0 cm³/mol. The second-order valence-electron chi connectivity index (χ2n) is 4.89. The van der Waals surface area contributed by atoms with Gasteiger partial charge < -0.3 is 10.2 Å². The van der Waals surface area contributed by atoms with Gasteiger partial charge in [0.2, 0.25) is 11.6 Å². The molecule has 0 aromatic heterocycles. The zero-order valence-electron chi connectivity index (χ0n) is 9.33. The third kappa shape index (κ3) is 1.18. The molecule has 4 atom stereocenters. The number of Topliss-reactive ketones (excluding diaryl/α,β-unsaturated/α-hetero) is 1. The van der Waals surface area contributed by atoms with E-state index >= 15 is 0 Å². The molecule has 2 N–H and O–H groups in total. The van der Waals surface area contributed by atoms with Crippen LogP contribution >= 0.6 is 92.8 Å². The van der Waals surface area contributed by atoms with Crippen LogP contribution in [0.1, 0.15) is 0 Å². The van der Waals surface area contributed by atoms with Crippen molar-refractivity contribution < 1.29 is 15.0 Å². The van der Waals surface area contributed by atoms with Crippen molar-refractivity contribution in [2.45, 2.75) is 25.3 Å². The number of hydrogen-bond donors (Lipinski definition) is 2. The summed E-state index contributed by atoms with van der Waals surface area (Å²) in [5.41, 5.74) is 0. The van der Waals surface area contributed by atoms with Crippen molar-refractivity contribution in [1.82, 2.24) is 0 Å². The van der Waals surface area contributed by atoms with Crippen LogP contribution in [0.25, 0.3) is 0 Å². The predicted octanol–water partition coefficient (Wildman–Crippen LogP) is 3.57. The van der Waals surface area contributed by atoms with Crippen LogP contribution in [0.15, 0.2) is 20.1 Å². The van der Waals surface area contributed by atoms with E-state index in [1.807, 2.05) is 0 Å². The summed E-state index contributed by atoms with van der Waals surface area (Å²) in [7, 11) is 0. The average Bonchev–Trinajstić information content (AvgIpc) is 2.67. The molecule has 0 saturated heterocycles. The van der Waals surface area contributed by atoms with E-state index in [9.17, 15) is 15.0 Å². The molecule has 3 aliphatic rings. The third-order valence-electron chi connectivity index (χ3n) is 4.19. The molecule has 21 heavy (non-hydrogen) atoms. The molecular weight excluding hydrogens is 452 g/mol. The summed E-state index contributed by atoms with van der Waals surface area (Å²) in [6.45, 7) is 0. The molecule has 0 radical (unpaired) electrons. The van der Waals surface area contributed by atoms with E-state index in [-0.39, 0.29) is 0 Å². The van der Waals surface area contributed by atoms with Gasteiger partial charge in [0.15, 0.2) is 14.6 Å². The Kier molecular flexibility index (Phi) is 3.39. The smallest absolute Gasteiger partial charge is 0.217 e. The number of carbonyl (C=O) groups excluding carboxylic acids is 1. The molecule has 1 saturated carbocycles. The number of aliphatic hydroxyl groups is 2. The monoisotopic (exact) mass is 450 g/mol. The first-order chi connectivity index (χ1) is 9.29. The molecule has 3 aliphatic carbocycles. The Morgan fingerprint density at radius 1 is 0.667 bits per heavy atom. The SMILES string of the molecule is O=C1C(Cl)=C(Cl)[C@]2(Cl)[C@]1(Cl)[C@]1(Cl)C(Cl)=C(Cl)[C@]2(Cl)C1(O)O. The lowest BCUT2D eigenvalue weighted by molar-refractivity contribution is -0.175. The summed E-state index contributed by atoms with van der Waals surface area (Å²) in [5.74, 6) is -4.09. The molecule has 116 valence electrons. The Labute approximate surface area is 158 Å². The minimum atomic E-state index is -3.06. The van der Waals surface area contributed by atoms with E-state index in [2.05, 4.69) is 0 Å². The van der Waals surface area contributed by atoms with Crippen LogP contribution < -0.4 is 0 Å². The molecule has 0 aliphatic heterocycles. The van der Waals surface area contributed by atoms with E-state index in [0.717, 1.165) is 0 Å². The molecule has 0 amide bonds. The van der Waals surface area contributed by atoms with Crippen molar-refractivity contribution in [2.24, 2.45) is 0 Å². The lowest BCUT2D eigenvalue weighted by Gasteiger charge is -2.43. The van der Waals surface area contributed by atoms with Gasteiger partial charge in [-0.05, 0) is 0 Å². The van der Waals surface area contributed by atoms with Crippen molar-refractivity contribution in [2.75, 3.05) is 0 Å². The highest BCUT2D eigenvalue weighted by Gasteiger charge is 2.98. The Morgan fingerprint density at radius 3 is 1.48 bits per heavy atom. The zero-order chi connectivity index (χ0) is 16.4. The van der Waals surface area contributed by atoms with Crippen LogP contribution in [0.4, 0.5) is 0 Å². The van der Waals surface area contributed by atoms with Gasteiger partial charge in [0.25, 0.3) is 0 Å². The summed E-state index contributed by atoms with van der Waals surface area (Å²) < 4.78 is 0. The molecule has 0 heterocycles. The van der Waals surface area contributed by atoms with Crippen molar-refractivity contribution in [3.8, 4) is 0 Å². The number of rotatable bonds is 0. The largest absolute Gasteiger partial charge is 0.362 e. The van der Waals surface area contributed by atoms with Crippen LogP contribution in [0.2, 0.25) is 0 Å². The number of fused-ring (bicyclic) bond motifs is 5. The first-order valence-corrected chi connectivity index (χ1v) is 8.19. The number of halogens is 8. The Morgan fingerprint density at radius 2 is 1.05 bits per heavy atom. The molecule has 0 aromatic carbocycles. The van der Waals surface area contributed by atoms with Gasteiger partial charge in [-0.1, -0.05) is 46.4 Å². The van der Waals surface area contributed by atoms with E-state index in [0.29, 0.717) is 0 Å². The molecule has 0 aromatic rings. The van der Waals surface area contributed by atoms with Crippen LogP contribution in [0.5, 0.6) is 0 Å². The zero-order valence-corrected chi connectivity index (χ0v) is 15.4. The fourth-order valence-corrected chi connectivity index (χ4v) is 7.18. The maximum Gasteiger partial charge on any atom is 0.217 e. The quantitative estimate of drug-likeness (QED) is 0.435. The van der Waals surface area contributed by atoms with Gasteiger partial charge in [0.1, 0.15) is 9.91 Å². The summed E-state index contributed by atoms with van der Waals surface area (Å²) in [6.07, 6.45) is 0. The second-order valence-corrected chi connectivity index (χ2v) is 8.67. The normalized spacial score (nSPS) is 51.2. The Bertz CT molecular complexity index is 686. The third-order valence-corrected chi connectivity index (χ3v) is 9.71. The summed E-state index contributed by atoms with van der Waals surface area (Å²) in [4.78, 5) is 2.70.